The second-order valence-corrected chi connectivity index (χ2v) is 3.82. The number of carbonyl (C=O) groups excluding carboxylic acids is 2. The number of hydrogen-bond donors (Lipinski definition) is 0. The van der Waals surface area contributed by atoms with E-state index in [4.69, 9.17) is 4.74 Å². The molecule has 0 atom stereocenters. The third-order valence-electron chi connectivity index (χ3n) is 2.52. The molecule has 1 heterocycles. The number of aromatic nitrogens is 1. The lowest BCUT2D eigenvalue weighted by Gasteiger charge is -2.04. The number of aldehydes is 1. The minimum Gasteiger partial charge on any atom is -0.461 e. The number of nitrogens with zero attached hydrogens (tertiary/aromatic N) is 1. The first kappa shape index (κ1) is 10.8. The van der Waals surface area contributed by atoms with Gasteiger partial charge in [0.05, 0.1) is 6.61 Å². The lowest BCUT2D eigenvalue weighted by atomic mass is 10.1. The summed E-state index contributed by atoms with van der Waals surface area (Å²) in [5.41, 5.74) is 1.54. The molecule has 0 amide bonds. The zero-order valence-electron chi connectivity index (χ0n) is 9.10. The molecule has 0 radical (unpaired) electrons. The van der Waals surface area contributed by atoms with Gasteiger partial charge in [0.15, 0.2) is 6.29 Å². The maximum atomic E-state index is 11.5. The van der Waals surface area contributed by atoms with Crippen molar-refractivity contribution in [1.29, 1.82) is 0 Å². The summed E-state index contributed by atoms with van der Waals surface area (Å²) in [6.07, 6.45) is 2.89. The number of rotatable bonds is 4. The summed E-state index contributed by atoms with van der Waals surface area (Å²) in [4.78, 5) is 26.2. The predicted molar refractivity (Wildman–Crippen MR) is 57.6 cm³/mol. The minimum atomic E-state index is -0.465. The van der Waals surface area contributed by atoms with Crippen LogP contribution in [-0.2, 0) is 4.74 Å². The average Bonchev–Trinajstić information content (AvgIpc) is 3.12. The highest BCUT2D eigenvalue weighted by Crippen LogP contribution is 2.40. The van der Waals surface area contributed by atoms with Crippen LogP contribution < -0.4 is 0 Å². The minimum absolute atomic E-state index is 0.230. The number of esters is 1. The van der Waals surface area contributed by atoms with Gasteiger partial charge in [0, 0.05) is 0 Å². The summed E-state index contributed by atoms with van der Waals surface area (Å²) in [7, 11) is 0. The third-order valence-corrected chi connectivity index (χ3v) is 2.52. The molecule has 0 aromatic carbocycles. The molecule has 1 fully saturated rings. The summed E-state index contributed by atoms with van der Waals surface area (Å²) in [6.45, 7) is 2.05. The molecule has 4 nitrogen and oxygen atoms in total. The molecule has 1 aliphatic carbocycles. The Bertz CT molecular complexity index is 424. The lowest BCUT2D eigenvalue weighted by molar-refractivity contribution is 0.0519. The zero-order valence-corrected chi connectivity index (χ0v) is 9.10. The Labute approximate surface area is 93.6 Å². The van der Waals surface area contributed by atoms with Crippen molar-refractivity contribution >= 4 is 12.3 Å². The molecular weight excluding hydrogens is 206 g/mol. The zero-order chi connectivity index (χ0) is 11.5. The maximum absolute atomic E-state index is 11.5. The lowest BCUT2D eigenvalue weighted by Crippen LogP contribution is -2.09. The molecule has 1 aromatic rings. The Morgan fingerprint density at radius 2 is 2.31 bits per heavy atom. The van der Waals surface area contributed by atoms with Gasteiger partial charge in [-0.05, 0) is 43.4 Å². The van der Waals surface area contributed by atoms with E-state index in [1.54, 1.807) is 19.1 Å². The van der Waals surface area contributed by atoms with Crippen molar-refractivity contribution in [3.05, 3.63) is 29.1 Å². The summed E-state index contributed by atoms with van der Waals surface area (Å²) in [5, 5.41) is 0. The molecule has 16 heavy (non-hydrogen) atoms. The van der Waals surface area contributed by atoms with E-state index in [9.17, 15) is 9.59 Å². The molecule has 1 saturated carbocycles. The number of pyridine rings is 1. The highest BCUT2D eigenvalue weighted by Gasteiger charge is 2.25. The Morgan fingerprint density at radius 1 is 1.56 bits per heavy atom. The number of ether oxygens (including phenoxy) is 1. The van der Waals surface area contributed by atoms with Crippen LogP contribution in [0.4, 0.5) is 0 Å². The van der Waals surface area contributed by atoms with Crippen molar-refractivity contribution in [3.8, 4) is 0 Å². The van der Waals surface area contributed by atoms with E-state index in [1.807, 2.05) is 0 Å². The quantitative estimate of drug-likeness (QED) is 0.573. The van der Waals surface area contributed by atoms with Crippen molar-refractivity contribution in [2.24, 2.45) is 0 Å². The predicted octanol–water partition coefficient (Wildman–Crippen LogP) is 1.95. The van der Waals surface area contributed by atoms with E-state index in [0.29, 0.717) is 24.5 Å². The highest BCUT2D eigenvalue weighted by atomic mass is 16.5. The normalized spacial score (nSPS) is 14.6. The molecule has 0 bridgehead atoms. The van der Waals surface area contributed by atoms with Gasteiger partial charge in [-0.2, -0.15) is 0 Å². The van der Waals surface area contributed by atoms with Crippen LogP contribution in [-0.4, -0.2) is 23.8 Å². The number of hydrogen-bond acceptors (Lipinski definition) is 4. The van der Waals surface area contributed by atoms with E-state index < -0.39 is 5.97 Å². The Kier molecular flexibility index (Phi) is 2.99. The summed E-state index contributed by atoms with van der Waals surface area (Å²) in [5.74, 6) is 0.0166. The molecule has 84 valence electrons. The Hall–Kier alpha value is -1.71. The van der Waals surface area contributed by atoms with Crippen LogP contribution in [0.5, 0.6) is 0 Å². The van der Waals surface area contributed by atoms with Crippen LogP contribution in [0.15, 0.2) is 12.1 Å². The molecule has 0 unspecified atom stereocenters. The SMILES string of the molecule is CCOC(=O)c1cc(C2CC2)cc(C=O)n1. The van der Waals surface area contributed by atoms with Gasteiger partial charge in [0.25, 0.3) is 0 Å². The van der Waals surface area contributed by atoms with Gasteiger partial charge in [-0.15, -0.1) is 0 Å². The van der Waals surface area contributed by atoms with Crippen molar-refractivity contribution in [3.63, 3.8) is 0 Å². The largest absolute Gasteiger partial charge is 0.461 e. The van der Waals surface area contributed by atoms with Crippen LogP contribution in [0.1, 0.15) is 52.2 Å². The van der Waals surface area contributed by atoms with Crippen molar-refractivity contribution in [2.45, 2.75) is 25.7 Å². The van der Waals surface area contributed by atoms with E-state index in [1.165, 1.54) is 0 Å². The van der Waals surface area contributed by atoms with E-state index in [0.717, 1.165) is 18.4 Å². The first-order valence-corrected chi connectivity index (χ1v) is 5.39. The van der Waals surface area contributed by atoms with E-state index in [2.05, 4.69) is 4.98 Å². The first-order valence-electron chi connectivity index (χ1n) is 5.39. The fraction of sp³-hybridized carbons (Fsp3) is 0.417. The van der Waals surface area contributed by atoms with Crippen LogP contribution in [0.2, 0.25) is 0 Å². The second kappa shape index (κ2) is 4.43. The summed E-state index contributed by atoms with van der Waals surface area (Å²) in [6, 6.07) is 3.47. The summed E-state index contributed by atoms with van der Waals surface area (Å²) >= 11 is 0. The molecule has 1 aliphatic rings. The highest BCUT2D eigenvalue weighted by molar-refractivity contribution is 5.88. The van der Waals surface area contributed by atoms with Gasteiger partial charge in [-0.3, -0.25) is 4.79 Å². The van der Waals surface area contributed by atoms with Gasteiger partial charge in [-0.25, -0.2) is 9.78 Å². The topological polar surface area (TPSA) is 56.3 Å². The Balaban J connectivity index is 2.32. The fourth-order valence-corrected chi connectivity index (χ4v) is 1.60. The molecule has 1 aromatic heterocycles. The van der Waals surface area contributed by atoms with Crippen LogP contribution in [0.25, 0.3) is 0 Å². The molecule has 0 saturated heterocycles. The summed E-state index contributed by atoms with van der Waals surface area (Å²) < 4.78 is 4.87. The van der Waals surface area contributed by atoms with Crippen LogP contribution >= 0.6 is 0 Å². The second-order valence-electron chi connectivity index (χ2n) is 3.82. The van der Waals surface area contributed by atoms with Crippen LogP contribution in [0, 0.1) is 0 Å². The molecule has 4 heteroatoms. The van der Waals surface area contributed by atoms with Crippen LogP contribution in [0.3, 0.4) is 0 Å². The smallest absolute Gasteiger partial charge is 0.356 e. The maximum Gasteiger partial charge on any atom is 0.356 e. The molecule has 2 rings (SSSR count). The fourth-order valence-electron chi connectivity index (χ4n) is 1.60. The van der Waals surface area contributed by atoms with Gasteiger partial charge >= 0.3 is 5.97 Å². The van der Waals surface area contributed by atoms with Crippen molar-refractivity contribution in [2.75, 3.05) is 6.61 Å². The van der Waals surface area contributed by atoms with Gasteiger partial charge in [-0.1, -0.05) is 0 Å². The van der Waals surface area contributed by atoms with Crippen molar-refractivity contribution < 1.29 is 14.3 Å². The molecule has 0 spiro atoms. The monoisotopic (exact) mass is 219 g/mol. The average molecular weight is 219 g/mol. The standard InChI is InChI=1S/C12H13NO3/c1-2-16-12(15)11-6-9(8-3-4-8)5-10(7-14)13-11/h5-8H,2-4H2,1H3. The first-order chi connectivity index (χ1) is 7.74. The van der Waals surface area contributed by atoms with Gasteiger partial charge in [0.1, 0.15) is 11.4 Å². The van der Waals surface area contributed by atoms with E-state index >= 15 is 0 Å². The number of carbonyl (C=O) groups is 2. The van der Waals surface area contributed by atoms with E-state index in [-0.39, 0.29) is 5.69 Å². The third kappa shape index (κ3) is 2.27. The van der Waals surface area contributed by atoms with Gasteiger partial charge in [0.2, 0.25) is 0 Å². The molecular formula is C12H13NO3. The van der Waals surface area contributed by atoms with Gasteiger partial charge < -0.3 is 4.74 Å². The molecule has 0 N–H and O–H groups in total. The molecule has 0 aliphatic heterocycles. The Morgan fingerprint density at radius 3 is 2.88 bits per heavy atom. The van der Waals surface area contributed by atoms with Crippen molar-refractivity contribution in [1.82, 2.24) is 4.98 Å².